The number of nitrogen functional groups attached to an aromatic ring is 1. The van der Waals surface area contributed by atoms with Crippen molar-refractivity contribution in [1.29, 1.82) is 0 Å². The summed E-state index contributed by atoms with van der Waals surface area (Å²) in [5.74, 6) is 0.296. The molecule has 2 N–H and O–H groups in total. The van der Waals surface area contributed by atoms with Gasteiger partial charge in [0.05, 0.1) is 4.90 Å². The number of anilines is 1. The van der Waals surface area contributed by atoms with E-state index in [9.17, 15) is 8.42 Å². The molecule has 0 aliphatic rings. The van der Waals surface area contributed by atoms with Gasteiger partial charge in [0.25, 0.3) is 0 Å². The Bertz CT molecular complexity index is 495. The van der Waals surface area contributed by atoms with E-state index in [1.165, 1.54) is 4.31 Å². The Morgan fingerprint density at radius 2 is 1.94 bits per heavy atom. The van der Waals surface area contributed by atoms with Gasteiger partial charge in [-0.25, -0.2) is 12.7 Å². The van der Waals surface area contributed by atoms with E-state index in [2.05, 4.69) is 0 Å². The highest BCUT2D eigenvalue weighted by Crippen LogP contribution is 2.20. The van der Waals surface area contributed by atoms with E-state index in [0.717, 1.165) is 5.56 Å². The minimum absolute atomic E-state index is 0.296. The maximum absolute atomic E-state index is 12.2. The first-order valence-corrected chi connectivity index (χ1v) is 7.01. The number of rotatable bonds is 4. The quantitative estimate of drug-likeness (QED) is 0.836. The Balaban J connectivity index is 3.09. The van der Waals surface area contributed by atoms with Crippen molar-refractivity contribution in [3.8, 4) is 0 Å². The molecule has 0 spiro atoms. The van der Waals surface area contributed by atoms with E-state index in [0.29, 0.717) is 23.0 Å². The van der Waals surface area contributed by atoms with Crippen LogP contribution in [0.4, 0.5) is 5.69 Å². The van der Waals surface area contributed by atoms with Crippen molar-refractivity contribution in [2.45, 2.75) is 25.7 Å². The van der Waals surface area contributed by atoms with Gasteiger partial charge in [0.2, 0.25) is 10.0 Å². The summed E-state index contributed by atoms with van der Waals surface area (Å²) in [7, 11) is -1.80. The lowest BCUT2D eigenvalue weighted by Gasteiger charge is -2.19. The molecule has 0 heterocycles. The largest absolute Gasteiger partial charge is 0.399 e. The van der Waals surface area contributed by atoms with Crippen molar-refractivity contribution >= 4 is 15.7 Å². The molecule has 0 aromatic heterocycles. The predicted octanol–water partition coefficient (Wildman–Crippen LogP) is 1.85. The van der Waals surface area contributed by atoms with E-state index < -0.39 is 10.0 Å². The van der Waals surface area contributed by atoms with Crippen LogP contribution in [0.3, 0.4) is 0 Å². The van der Waals surface area contributed by atoms with Gasteiger partial charge >= 0.3 is 0 Å². The first-order valence-electron chi connectivity index (χ1n) is 5.57. The number of benzene rings is 1. The standard InChI is InChI=1S/C12H20N2O2S/c1-9(2)8-14(4)17(15,16)11-5-6-12(13)10(3)7-11/h5-7,9H,8,13H2,1-4H3. The Kier molecular flexibility index (Phi) is 4.16. The first-order chi connectivity index (χ1) is 7.75. The fourth-order valence-corrected chi connectivity index (χ4v) is 3.02. The van der Waals surface area contributed by atoms with Crippen molar-refractivity contribution < 1.29 is 8.42 Å². The second kappa shape index (κ2) is 5.06. The lowest BCUT2D eigenvalue weighted by molar-refractivity contribution is 0.417. The second-order valence-electron chi connectivity index (χ2n) is 4.70. The highest BCUT2D eigenvalue weighted by molar-refractivity contribution is 7.89. The monoisotopic (exact) mass is 256 g/mol. The van der Waals surface area contributed by atoms with Crippen molar-refractivity contribution in [2.75, 3.05) is 19.3 Å². The topological polar surface area (TPSA) is 63.4 Å². The van der Waals surface area contributed by atoms with Crippen LogP contribution in [0, 0.1) is 12.8 Å². The first kappa shape index (κ1) is 14.0. The summed E-state index contributed by atoms with van der Waals surface area (Å²) < 4.78 is 25.8. The second-order valence-corrected chi connectivity index (χ2v) is 6.74. The van der Waals surface area contributed by atoms with Crippen LogP contribution in [0.15, 0.2) is 23.1 Å². The molecule has 0 aliphatic heterocycles. The molecule has 0 saturated heterocycles. The molecule has 1 aromatic carbocycles. The molecule has 0 amide bonds. The van der Waals surface area contributed by atoms with Gasteiger partial charge in [-0.15, -0.1) is 0 Å². The van der Waals surface area contributed by atoms with Crippen LogP contribution < -0.4 is 5.73 Å². The maximum atomic E-state index is 12.2. The molecule has 1 aromatic rings. The Labute approximate surface area is 103 Å². The summed E-state index contributed by atoms with van der Waals surface area (Å²) in [4.78, 5) is 0.298. The van der Waals surface area contributed by atoms with Crippen molar-refractivity contribution in [3.63, 3.8) is 0 Å². The van der Waals surface area contributed by atoms with E-state index in [1.54, 1.807) is 32.2 Å². The zero-order valence-electron chi connectivity index (χ0n) is 10.8. The van der Waals surface area contributed by atoms with Gasteiger partial charge in [-0.05, 0) is 36.6 Å². The number of aryl methyl sites for hydroxylation is 1. The van der Waals surface area contributed by atoms with Gasteiger partial charge < -0.3 is 5.73 Å². The Hall–Kier alpha value is -1.07. The summed E-state index contributed by atoms with van der Waals surface area (Å²) in [5.41, 5.74) is 7.07. The average Bonchev–Trinajstić information content (AvgIpc) is 2.20. The van der Waals surface area contributed by atoms with Crippen LogP contribution in [-0.4, -0.2) is 26.3 Å². The molecular formula is C12H20N2O2S. The van der Waals surface area contributed by atoms with Crippen molar-refractivity contribution in [1.82, 2.24) is 4.31 Å². The van der Waals surface area contributed by atoms with Gasteiger partial charge in [-0.1, -0.05) is 13.8 Å². The Morgan fingerprint density at radius 1 is 1.35 bits per heavy atom. The molecule has 0 aliphatic carbocycles. The SMILES string of the molecule is Cc1cc(S(=O)(=O)N(C)CC(C)C)ccc1N. The van der Waals surface area contributed by atoms with E-state index in [1.807, 2.05) is 13.8 Å². The summed E-state index contributed by atoms with van der Waals surface area (Å²) in [6.07, 6.45) is 0. The number of nitrogens with two attached hydrogens (primary N) is 1. The van der Waals surface area contributed by atoms with Crippen molar-refractivity contribution in [2.24, 2.45) is 5.92 Å². The predicted molar refractivity (Wildman–Crippen MR) is 70.2 cm³/mol. The summed E-state index contributed by atoms with van der Waals surface area (Å²) >= 11 is 0. The third kappa shape index (κ3) is 3.20. The molecule has 96 valence electrons. The summed E-state index contributed by atoms with van der Waals surface area (Å²) in [6.45, 7) is 6.28. The van der Waals surface area contributed by atoms with Gasteiger partial charge in [-0.2, -0.15) is 0 Å². The summed E-state index contributed by atoms with van der Waals surface area (Å²) in [5, 5.41) is 0. The zero-order valence-corrected chi connectivity index (χ0v) is 11.6. The highest BCUT2D eigenvalue weighted by Gasteiger charge is 2.21. The summed E-state index contributed by atoms with van der Waals surface area (Å²) in [6, 6.07) is 4.79. The van der Waals surface area contributed by atoms with Gasteiger partial charge in [0, 0.05) is 19.3 Å². The van der Waals surface area contributed by atoms with Crippen LogP contribution in [0.2, 0.25) is 0 Å². The molecule has 0 bridgehead atoms. The maximum Gasteiger partial charge on any atom is 0.242 e. The van der Waals surface area contributed by atoms with Crippen LogP contribution in [0.5, 0.6) is 0 Å². The molecule has 0 atom stereocenters. The lowest BCUT2D eigenvalue weighted by atomic mass is 10.2. The van der Waals surface area contributed by atoms with Crippen molar-refractivity contribution in [3.05, 3.63) is 23.8 Å². The fourth-order valence-electron chi connectivity index (χ4n) is 1.60. The minimum atomic E-state index is -3.40. The normalized spacial score (nSPS) is 12.4. The van der Waals surface area contributed by atoms with Crippen LogP contribution >= 0.6 is 0 Å². The molecular weight excluding hydrogens is 236 g/mol. The van der Waals surface area contributed by atoms with Gasteiger partial charge in [-0.3, -0.25) is 0 Å². The molecule has 17 heavy (non-hydrogen) atoms. The highest BCUT2D eigenvalue weighted by atomic mass is 32.2. The van der Waals surface area contributed by atoms with E-state index >= 15 is 0 Å². The smallest absolute Gasteiger partial charge is 0.242 e. The van der Waals surface area contributed by atoms with Gasteiger partial charge in [0.15, 0.2) is 0 Å². The fraction of sp³-hybridized carbons (Fsp3) is 0.500. The number of nitrogens with zero attached hydrogens (tertiary/aromatic N) is 1. The molecule has 4 nitrogen and oxygen atoms in total. The molecule has 0 fully saturated rings. The molecule has 0 saturated carbocycles. The average molecular weight is 256 g/mol. The minimum Gasteiger partial charge on any atom is -0.399 e. The number of sulfonamides is 1. The number of hydrogen-bond acceptors (Lipinski definition) is 3. The zero-order chi connectivity index (χ0) is 13.2. The molecule has 0 unspecified atom stereocenters. The van der Waals surface area contributed by atoms with Crippen LogP contribution in [-0.2, 0) is 10.0 Å². The van der Waals surface area contributed by atoms with E-state index in [4.69, 9.17) is 5.73 Å². The van der Waals surface area contributed by atoms with Crippen LogP contribution in [0.25, 0.3) is 0 Å². The van der Waals surface area contributed by atoms with E-state index in [-0.39, 0.29) is 0 Å². The van der Waals surface area contributed by atoms with Crippen LogP contribution in [0.1, 0.15) is 19.4 Å². The molecule has 0 radical (unpaired) electrons. The third-order valence-electron chi connectivity index (χ3n) is 2.57. The lowest BCUT2D eigenvalue weighted by Crippen LogP contribution is -2.30. The van der Waals surface area contributed by atoms with Gasteiger partial charge in [0.1, 0.15) is 0 Å². The number of hydrogen-bond donors (Lipinski definition) is 1. The Morgan fingerprint density at radius 3 is 2.41 bits per heavy atom. The third-order valence-corrected chi connectivity index (χ3v) is 4.39. The molecule has 1 rings (SSSR count). The molecule has 5 heteroatoms.